The zero-order valence-electron chi connectivity index (χ0n) is 25.1. The van der Waals surface area contributed by atoms with E-state index in [1.165, 1.54) is 42.1 Å². The lowest BCUT2D eigenvalue weighted by molar-refractivity contribution is 0.0609. The zero-order chi connectivity index (χ0) is 32.8. The maximum atomic E-state index is 13.5. The number of nitrogens with one attached hydrogen (secondary N) is 1. The average Bonchev–Trinajstić information content (AvgIpc) is 3.57. The summed E-state index contributed by atoms with van der Waals surface area (Å²) >= 11 is 7.98. The number of fused-ring (bicyclic) bond motifs is 1. The van der Waals surface area contributed by atoms with Crippen LogP contribution in [0.4, 0.5) is 15.9 Å². The molecule has 0 saturated carbocycles. The third-order valence-electron chi connectivity index (χ3n) is 7.20. The molecule has 3 aromatic heterocycles. The van der Waals surface area contributed by atoms with Crippen LogP contribution in [-0.4, -0.2) is 40.7 Å². The summed E-state index contributed by atoms with van der Waals surface area (Å²) in [6.07, 6.45) is 3.23. The van der Waals surface area contributed by atoms with Crippen molar-refractivity contribution >= 4 is 55.2 Å². The third-order valence-corrected chi connectivity index (χ3v) is 10.0. The number of ether oxygens (including phenoxy) is 2. The van der Waals surface area contributed by atoms with Gasteiger partial charge in [-0.25, -0.2) is 32.7 Å². The molecular formula is C34H29ClFN5O4S2. The van der Waals surface area contributed by atoms with E-state index < -0.39 is 9.84 Å². The Labute approximate surface area is 280 Å². The van der Waals surface area contributed by atoms with Gasteiger partial charge in [-0.2, -0.15) is 0 Å². The first-order chi connectivity index (χ1) is 22.8. The normalized spacial score (nSPS) is 12.2. The van der Waals surface area contributed by atoms with Gasteiger partial charge in [0.15, 0.2) is 14.9 Å². The number of rotatable bonds is 13. The summed E-state index contributed by atoms with van der Waals surface area (Å²) in [5.74, 6) is 0.560. The summed E-state index contributed by atoms with van der Waals surface area (Å²) in [5.41, 5.74) is 3.76. The van der Waals surface area contributed by atoms with Crippen molar-refractivity contribution in [3.05, 3.63) is 118 Å². The molecule has 47 heavy (non-hydrogen) atoms. The van der Waals surface area contributed by atoms with Crippen LogP contribution >= 0.6 is 22.9 Å². The Hall–Kier alpha value is -4.49. The minimum absolute atomic E-state index is 0.0266. The first kappa shape index (κ1) is 32.5. The van der Waals surface area contributed by atoms with E-state index in [1.54, 1.807) is 36.4 Å². The number of sulfone groups is 1. The quantitative estimate of drug-likeness (QED) is 0.128. The molecule has 13 heteroatoms. The number of aromatic nitrogens is 4. The summed E-state index contributed by atoms with van der Waals surface area (Å²) in [6, 6.07) is 22.1. The molecule has 6 rings (SSSR count). The predicted molar refractivity (Wildman–Crippen MR) is 181 cm³/mol. The molecule has 0 radical (unpaired) electrons. The van der Waals surface area contributed by atoms with Crippen LogP contribution in [0.1, 0.15) is 30.0 Å². The third kappa shape index (κ3) is 7.91. The molecule has 0 amide bonds. The van der Waals surface area contributed by atoms with Gasteiger partial charge in [0.05, 0.1) is 28.6 Å². The van der Waals surface area contributed by atoms with E-state index >= 15 is 0 Å². The van der Waals surface area contributed by atoms with Gasteiger partial charge in [0.25, 0.3) is 0 Å². The lowest BCUT2D eigenvalue weighted by Crippen LogP contribution is -2.15. The molecule has 0 aliphatic heterocycles. The van der Waals surface area contributed by atoms with E-state index in [2.05, 4.69) is 20.3 Å². The van der Waals surface area contributed by atoms with Crippen LogP contribution < -0.4 is 10.1 Å². The fraction of sp³-hybridized carbons (Fsp3) is 0.176. The molecule has 9 nitrogen and oxygen atoms in total. The van der Waals surface area contributed by atoms with E-state index in [9.17, 15) is 12.8 Å². The van der Waals surface area contributed by atoms with Gasteiger partial charge >= 0.3 is 0 Å². The summed E-state index contributed by atoms with van der Waals surface area (Å²) in [5, 5.41) is 7.24. The Bertz CT molecular complexity index is 2120. The van der Waals surface area contributed by atoms with Crippen molar-refractivity contribution in [1.29, 1.82) is 0 Å². The number of thiazole rings is 1. The van der Waals surface area contributed by atoms with Gasteiger partial charge < -0.3 is 14.8 Å². The van der Waals surface area contributed by atoms with Gasteiger partial charge in [-0.1, -0.05) is 42.8 Å². The number of hydrogen-bond donors (Lipinski definition) is 1. The Balaban J connectivity index is 1.14. The minimum atomic E-state index is -3.55. The van der Waals surface area contributed by atoms with E-state index in [1.807, 2.05) is 36.6 Å². The molecule has 0 saturated heterocycles. The summed E-state index contributed by atoms with van der Waals surface area (Å²) < 4.78 is 50.5. The van der Waals surface area contributed by atoms with Crippen molar-refractivity contribution in [2.75, 3.05) is 17.7 Å². The molecule has 0 bridgehead atoms. The SMILES string of the molecule is CCC(OCCS(=O)(=O)c1ccccn1)c1nc(-c2ccc3ncnc(Nc4ccc(OCc5cccc(F)c5)c(Cl)c4)c3c2)cs1. The molecule has 0 aliphatic rings. The standard InChI is InChI=1S/C34H29ClFN5O4S2/c1-2-30(44-14-15-47(42,43)32-8-3-4-13-37-32)34-41-29(20-46-34)23-9-11-28-26(17-23)33(39-21-38-28)40-25-10-12-31(27(35)18-25)45-19-22-6-5-7-24(36)16-22/h3-13,16-18,20-21,30H,2,14-15,19H2,1H3,(H,38,39,40). The number of hydrogen-bond acceptors (Lipinski definition) is 10. The highest BCUT2D eigenvalue weighted by Crippen LogP contribution is 2.34. The highest BCUT2D eigenvalue weighted by Gasteiger charge is 2.20. The lowest BCUT2D eigenvalue weighted by atomic mass is 10.1. The number of benzene rings is 3. The Morgan fingerprint density at radius 2 is 1.89 bits per heavy atom. The summed E-state index contributed by atoms with van der Waals surface area (Å²) in [4.78, 5) is 17.7. The molecule has 240 valence electrons. The monoisotopic (exact) mass is 689 g/mol. The van der Waals surface area contributed by atoms with E-state index in [0.29, 0.717) is 34.3 Å². The van der Waals surface area contributed by atoms with Gasteiger partial charge in [0.2, 0.25) is 0 Å². The number of anilines is 2. The van der Waals surface area contributed by atoms with Crippen molar-refractivity contribution in [2.45, 2.75) is 31.1 Å². The second-order valence-corrected chi connectivity index (χ2v) is 13.8. The van der Waals surface area contributed by atoms with Gasteiger partial charge in [-0.05, 0) is 66.6 Å². The van der Waals surface area contributed by atoms with Crippen molar-refractivity contribution in [1.82, 2.24) is 19.9 Å². The highest BCUT2D eigenvalue weighted by atomic mass is 35.5. The van der Waals surface area contributed by atoms with Crippen molar-refractivity contribution in [2.24, 2.45) is 0 Å². The van der Waals surface area contributed by atoms with E-state index in [0.717, 1.165) is 27.2 Å². The molecule has 6 aromatic rings. The maximum absolute atomic E-state index is 13.5. The fourth-order valence-corrected chi connectivity index (χ4v) is 7.03. The second-order valence-electron chi connectivity index (χ2n) is 10.5. The average molecular weight is 690 g/mol. The predicted octanol–water partition coefficient (Wildman–Crippen LogP) is 8.21. The van der Waals surface area contributed by atoms with Gasteiger partial charge in [-0.3, -0.25) is 0 Å². The molecule has 0 fully saturated rings. The number of halogens is 2. The number of nitrogens with zero attached hydrogens (tertiary/aromatic N) is 4. The molecular weight excluding hydrogens is 661 g/mol. The smallest absolute Gasteiger partial charge is 0.197 e. The second kappa shape index (κ2) is 14.5. The van der Waals surface area contributed by atoms with Crippen LogP contribution in [0.2, 0.25) is 5.02 Å². The molecule has 1 N–H and O–H groups in total. The topological polar surface area (TPSA) is 116 Å². The molecule has 1 atom stereocenters. The molecule has 0 spiro atoms. The first-order valence-electron chi connectivity index (χ1n) is 14.7. The maximum Gasteiger partial charge on any atom is 0.197 e. The van der Waals surface area contributed by atoms with Crippen molar-refractivity contribution < 1.29 is 22.3 Å². The van der Waals surface area contributed by atoms with E-state index in [-0.39, 0.29) is 35.9 Å². The lowest BCUT2D eigenvalue weighted by Gasteiger charge is -2.13. The minimum Gasteiger partial charge on any atom is -0.487 e. The van der Waals surface area contributed by atoms with Gasteiger partial charge in [-0.15, -0.1) is 11.3 Å². The van der Waals surface area contributed by atoms with Crippen LogP contribution in [0.25, 0.3) is 22.2 Å². The van der Waals surface area contributed by atoms with Crippen LogP contribution in [0.5, 0.6) is 5.75 Å². The Morgan fingerprint density at radius 3 is 2.68 bits per heavy atom. The van der Waals surface area contributed by atoms with Gasteiger partial charge in [0, 0.05) is 28.2 Å². The Kier molecular flexibility index (Phi) is 10.0. The highest BCUT2D eigenvalue weighted by molar-refractivity contribution is 7.91. The summed E-state index contributed by atoms with van der Waals surface area (Å²) in [6.45, 7) is 2.18. The molecule has 3 heterocycles. The van der Waals surface area contributed by atoms with Crippen LogP contribution in [0.3, 0.4) is 0 Å². The van der Waals surface area contributed by atoms with Crippen LogP contribution in [0, 0.1) is 5.82 Å². The zero-order valence-corrected chi connectivity index (χ0v) is 27.5. The summed E-state index contributed by atoms with van der Waals surface area (Å²) in [7, 11) is -3.55. The number of pyridine rings is 1. The van der Waals surface area contributed by atoms with E-state index in [4.69, 9.17) is 26.1 Å². The van der Waals surface area contributed by atoms with Crippen LogP contribution in [0.15, 0.2) is 102 Å². The largest absolute Gasteiger partial charge is 0.487 e. The molecule has 1 unspecified atom stereocenters. The molecule has 3 aromatic carbocycles. The molecule has 0 aliphatic carbocycles. The van der Waals surface area contributed by atoms with Crippen molar-refractivity contribution in [3.63, 3.8) is 0 Å². The Morgan fingerprint density at radius 1 is 1.00 bits per heavy atom. The first-order valence-corrected chi connectivity index (χ1v) is 17.6. The fourth-order valence-electron chi connectivity index (χ4n) is 4.80. The van der Waals surface area contributed by atoms with Crippen molar-refractivity contribution in [3.8, 4) is 17.0 Å². The van der Waals surface area contributed by atoms with Gasteiger partial charge in [0.1, 0.15) is 41.4 Å². The van der Waals surface area contributed by atoms with Crippen LogP contribution in [-0.2, 0) is 21.2 Å².